The van der Waals surface area contributed by atoms with Crippen molar-refractivity contribution < 1.29 is 31.1 Å². The van der Waals surface area contributed by atoms with Gasteiger partial charge in [-0.2, -0.15) is 13.2 Å². The van der Waals surface area contributed by atoms with E-state index >= 15 is 0 Å². The maximum Gasteiger partial charge on any atom is 0.416 e. The summed E-state index contributed by atoms with van der Waals surface area (Å²) in [4.78, 5) is 18.2. The van der Waals surface area contributed by atoms with Crippen LogP contribution in [0.4, 0.5) is 26.3 Å². The van der Waals surface area contributed by atoms with Crippen LogP contribution in [0.5, 0.6) is 0 Å². The van der Waals surface area contributed by atoms with Crippen molar-refractivity contribution in [1.29, 1.82) is 0 Å². The second kappa shape index (κ2) is 7.28. The molecule has 1 aliphatic heterocycles. The molecule has 1 aliphatic rings. The molecule has 166 valence electrons. The number of amides is 1. The molecule has 0 unspecified atom stereocenters. The summed E-state index contributed by atoms with van der Waals surface area (Å²) in [6.45, 7) is 1.99. The number of hydrogen-bond donors (Lipinski definition) is 1. The van der Waals surface area contributed by atoms with E-state index in [9.17, 15) is 31.1 Å². The minimum absolute atomic E-state index is 0.181. The van der Waals surface area contributed by atoms with Crippen molar-refractivity contribution in [2.45, 2.75) is 37.4 Å². The number of carbonyl (C=O) groups is 1. The third-order valence-corrected chi connectivity index (χ3v) is 5.42. The highest BCUT2D eigenvalue weighted by Crippen LogP contribution is 2.46. The van der Waals surface area contributed by atoms with Gasteiger partial charge in [-0.3, -0.25) is 9.69 Å². The summed E-state index contributed by atoms with van der Waals surface area (Å²) in [5.41, 5.74) is 2.20. The van der Waals surface area contributed by atoms with Crippen LogP contribution in [0.15, 0.2) is 47.5 Å². The summed E-state index contributed by atoms with van der Waals surface area (Å²) in [5.74, 6) is -6.42. The number of rotatable bonds is 3. The van der Waals surface area contributed by atoms with Gasteiger partial charge < -0.3 is 5.73 Å². The van der Waals surface area contributed by atoms with Gasteiger partial charge in [0.2, 0.25) is 5.91 Å². The Bertz CT molecular complexity index is 1040. The number of halogens is 6. The molecule has 2 aromatic rings. The van der Waals surface area contributed by atoms with Crippen LogP contribution in [0, 0.1) is 5.82 Å². The Kier molecular flexibility index (Phi) is 5.32. The lowest BCUT2D eigenvalue weighted by atomic mass is 9.73. The summed E-state index contributed by atoms with van der Waals surface area (Å²) in [7, 11) is 1.31. The van der Waals surface area contributed by atoms with Crippen molar-refractivity contribution in [1.82, 2.24) is 4.90 Å². The van der Waals surface area contributed by atoms with Gasteiger partial charge in [-0.05, 0) is 30.7 Å². The Morgan fingerprint density at radius 2 is 1.58 bits per heavy atom. The summed E-state index contributed by atoms with van der Waals surface area (Å²) in [6, 6.07) is 6.54. The Balaban J connectivity index is 2.24. The number of aliphatic imine (C=N–C) groups is 1. The monoisotopic (exact) mass is 443 g/mol. The first-order chi connectivity index (χ1) is 14.2. The predicted octanol–water partition coefficient (Wildman–Crippen LogP) is 4.74. The largest absolute Gasteiger partial charge is 0.416 e. The molecule has 1 heterocycles. The van der Waals surface area contributed by atoms with Gasteiger partial charge in [-0.25, -0.2) is 18.2 Å². The number of nitrogens with two attached hydrogens (primary N) is 1. The normalized spacial score (nSPS) is 22.5. The fraction of sp³-hybridized carbons (Fsp3) is 0.333. The van der Waals surface area contributed by atoms with Crippen LogP contribution >= 0.6 is 0 Å². The minimum Gasteiger partial charge on any atom is -0.369 e. The molecule has 0 bridgehead atoms. The van der Waals surface area contributed by atoms with Crippen molar-refractivity contribution in [2.75, 3.05) is 7.05 Å². The van der Waals surface area contributed by atoms with Crippen LogP contribution in [-0.4, -0.2) is 23.8 Å². The van der Waals surface area contributed by atoms with Crippen molar-refractivity contribution in [3.05, 3.63) is 70.5 Å². The lowest BCUT2D eigenvalue weighted by molar-refractivity contribution is -0.137. The van der Waals surface area contributed by atoms with Crippen LogP contribution in [-0.2, 0) is 22.4 Å². The number of benzene rings is 2. The van der Waals surface area contributed by atoms with E-state index in [1.54, 1.807) is 0 Å². The topological polar surface area (TPSA) is 58.7 Å². The average Bonchev–Trinajstić information content (AvgIpc) is 2.65. The van der Waals surface area contributed by atoms with E-state index in [4.69, 9.17) is 5.73 Å². The van der Waals surface area contributed by atoms with E-state index < -0.39 is 46.4 Å². The summed E-state index contributed by atoms with van der Waals surface area (Å²) in [6.07, 6.45) is -4.76. The predicted molar refractivity (Wildman–Crippen MR) is 102 cm³/mol. The Labute approximate surface area is 174 Å². The zero-order valence-electron chi connectivity index (χ0n) is 16.8. The highest BCUT2D eigenvalue weighted by molar-refractivity contribution is 6.02. The molecule has 31 heavy (non-hydrogen) atoms. The fourth-order valence-corrected chi connectivity index (χ4v) is 3.67. The Hall–Kier alpha value is -3.04. The zero-order chi connectivity index (χ0) is 23.4. The molecule has 2 atom stereocenters. The van der Waals surface area contributed by atoms with Crippen molar-refractivity contribution in [3.8, 4) is 0 Å². The first kappa shape index (κ1) is 22.6. The number of carbonyl (C=O) groups excluding carboxylic acids is 1. The number of likely N-dealkylation sites (N-methyl/N-ethyl adjacent to an activating group) is 1. The standard InChI is InChI=1S/C21H19F6N3O/c1-19(14-10-13(21(25,26)27)8-9-15(14)22)16(17(31)30(3)18(28)29-19)11-4-6-12(7-5-11)20(2,23)24/h4-10,16H,1-3H3,(H2,28,29)/t16-,19+/m0/s1. The van der Waals surface area contributed by atoms with Gasteiger partial charge in [0, 0.05) is 25.1 Å². The van der Waals surface area contributed by atoms with E-state index in [1.165, 1.54) is 26.1 Å². The second-order valence-corrected chi connectivity index (χ2v) is 7.65. The lowest BCUT2D eigenvalue weighted by Gasteiger charge is -2.41. The fourth-order valence-electron chi connectivity index (χ4n) is 3.67. The number of alkyl halides is 5. The van der Waals surface area contributed by atoms with Gasteiger partial charge in [0.15, 0.2) is 5.96 Å². The molecule has 0 aliphatic carbocycles. The number of hydrogen-bond acceptors (Lipinski definition) is 3. The first-order valence-corrected chi connectivity index (χ1v) is 9.14. The van der Waals surface area contributed by atoms with Gasteiger partial charge in [0.1, 0.15) is 11.4 Å². The summed E-state index contributed by atoms with van der Waals surface area (Å²) in [5, 5.41) is 0. The van der Waals surface area contributed by atoms with E-state index in [0.29, 0.717) is 25.1 Å². The molecule has 0 aromatic heterocycles. The van der Waals surface area contributed by atoms with Gasteiger partial charge in [0.25, 0.3) is 5.92 Å². The van der Waals surface area contributed by atoms with Crippen LogP contribution in [0.1, 0.15) is 42.0 Å². The summed E-state index contributed by atoms with van der Waals surface area (Å²) < 4.78 is 81.7. The highest BCUT2D eigenvalue weighted by atomic mass is 19.4. The van der Waals surface area contributed by atoms with E-state index in [0.717, 1.165) is 17.0 Å². The van der Waals surface area contributed by atoms with E-state index in [1.807, 2.05) is 0 Å². The van der Waals surface area contributed by atoms with Crippen molar-refractivity contribution in [2.24, 2.45) is 10.7 Å². The van der Waals surface area contributed by atoms with Crippen LogP contribution in [0.2, 0.25) is 0 Å². The maximum atomic E-state index is 14.7. The number of nitrogens with zero attached hydrogens (tertiary/aromatic N) is 2. The van der Waals surface area contributed by atoms with Crippen LogP contribution in [0.25, 0.3) is 0 Å². The molecule has 0 spiro atoms. The third-order valence-electron chi connectivity index (χ3n) is 5.42. The third kappa shape index (κ3) is 3.98. The Morgan fingerprint density at radius 1 is 1.03 bits per heavy atom. The van der Waals surface area contributed by atoms with Crippen LogP contribution in [0.3, 0.4) is 0 Å². The molecule has 1 amide bonds. The molecule has 0 radical (unpaired) electrons. The highest BCUT2D eigenvalue weighted by Gasteiger charge is 2.49. The summed E-state index contributed by atoms with van der Waals surface area (Å²) >= 11 is 0. The quantitative estimate of drug-likeness (QED) is 0.697. The molecule has 3 rings (SSSR count). The minimum atomic E-state index is -4.76. The second-order valence-electron chi connectivity index (χ2n) is 7.65. The van der Waals surface area contributed by atoms with Crippen molar-refractivity contribution in [3.63, 3.8) is 0 Å². The molecular formula is C21H19F6N3O. The van der Waals surface area contributed by atoms with E-state index in [-0.39, 0.29) is 17.1 Å². The van der Waals surface area contributed by atoms with Gasteiger partial charge in [-0.15, -0.1) is 0 Å². The van der Waals surface area contributed by atoms with Gasteiger partial charge in [0.05, 0.1) is 11.5 Å². The molecule has 10 heteroatoms. The molecule has 0 fully saturated rings. The Morgan fingerprint density at radius 3 is 2.10 bits per heavy atom. The smallest absolute Gasteiger partial charge is 0.369 e. The zero-order valence-corrected chi connectivity index (χ0v) is 16.8. The maximum absolute atomic E-state index is 14.7. The van der Waals surface area contributed by atoms with Crippen molar-refractivity contribution >= 4 is 11.9 Å². The van der Waals surface area contributed by atoms with Crippen LogP contribution < -0.4 is 5.73 Å². The molecule has 2 aromatic carbocycles. The molecule has 4 nitrogen and oxygen atoms in total. The lowest BCUT2D eigenvalue weighted by Crippen LogP contribution is -2.52. The SMILES string of the molecule is CN1C(=O)[C@H](c2ccc(C(C)(F)F)cc2)[C@@](C)(c2cc(C(F)(F)F)ccc2F)N=C1N. The average molecular weight is 443 g/mol. The van der Waals surface area contributed by atoms with E-state index in [2.05, 4.69) is 4.99 Å². The first-order valence-electron chi connectivity index (χ1n) is 9.14. The molecule has 0 saturated heterocycles. The van der Waals surface area contributed by atoms with Gasteiger partial charge >= 0.3 is 6.18 Å². The van der Waals surface area contributed by atoms with Gasteiger partial charge in [-0.1, -0.05) is 24.3 Å². The molecule has 0 saturated carbocycles. The molecular weight excluding hydrogens is 424 g/mol. The number of guanidine groups is 1. The molecule has 2 N–H and O–H groups in total.